The summed E-state index contributed by atoms with van der Waals surface area (Å²) in [5.74, 6) is -3.02. The van der Waals surface area contributed by atoms with E-state index in [2.05, 4.69) is 44.7 Å². The molecule has 0 spiro atoms. The van der Waals surface area contributed by atoms with E-state index in [9.17, 15) is 13.6 Å². The van der Waals surface area contributed by atoms with E-state index < -0.39 is 63.9 Å². The molecule has 1 saturated heterocycles. The number of benzene rings is 3. The Bertz CT molecular complexity index is 1910. The molecule has 4 heterocycles. The number of carbonyl (C=O) groups excluding carboxylic acids is 1. The van der Waals surface area contributed by atoms with Gasteiger partial charge in [-0.05, 0) is 0 Å². The monoisotopic (exact) mass is 861 g/mol. The second-order valence-electron chi connectivity index (χ2n) is 11.4. The zero-order valence-corrected chi connectivity index (χ0v) is 29.8. The van der Waals surface area contributed by atoms with E-state index in [1.165, 1.54) is 30.5 Å². The van der Waals surface area contributed by atoms with Gasteiger partial charge in [0.2, 0.25) is 0 Å². The molecule has 11 heteroatoms. The number of halogens is 5. The van der Waals surface area contributed by atoms with E-state index in [0.29, 0.717) is 11.4 Å². The van der Waals surface area contributed by atoms with E-state index in [-0.39, 0.29) is 10.00 Å². The van der Waals surface area contributed by atoms with Crippen LogP contribution in [0.15, 0.2) is 117 Å². The third-order valence-corrected chi connectivity index (χ3v) is 16.3. The number of hydrogen-bond acceptors (Lipinski definition) is 5. The van der Waals surface area contributed by atoms with Gasteiger partial charge >= 0.3 is 291 Å². The number of nitrogens with one attached hydrogen (secondary N) is 2. The first-order valence-electron chi connectivity index (χ1n) is 15.2. The number of nitrogens with zero attached hydrogens (tertiary/aromatic N) is 3. The number of amides is 1. The standard InChI is InChI=1S/C36H32F3I2N5O/c1-41-30(15-16-42-36(41)44-25-10-4-8-23(20-25)22-45-17-2-3-18-45)32-33(40-46-19-7-14-29(39)34(32)46)24-9-5-11-26(21-24)43-35(47)31-27(37)12-6-13-28(31)38/h4-16,19-21,36,44H,2-3,17-18,22H2,1H3,(H,43,47). The molecule has 4 aliphatic rings. The summed E-state index contributed by atoms with van der Waals surface area (Å²) in [5.41, 5.74) is 4.33. The van der Waals surface area contributed by atoms with Crippen LogP contribution >= 0.6 is 40.8 Å². The van der Waals surface area contributed by atoms with Gasteiger partial charge in [0.15, 0.2) is 0 Å². The number of alkyl halides is 2. The number of hydrogen-bond donors (Lipinski definition) is 2. The quantitative estimate of drug-likeness (QED) is 0.103. The van der Waals surface area contributed by atoms with Crippen molar-refractivity contribution in [3.63, 3.8) is 0 Å². The molecule has 4 aliphatic heterocycles. The molecule has 0 aromatic heterocycles. The Balaban J connectivity index is 1.17. The second-order valence-corrected chi connectivity index (χ2v) is 19.3. The molecule has 3 aromatic rings. The predicted octanol–water partition coefficient (Wildman–Crippen LogP) is 8.67. The van der Waals surface area contributed by atoms with Crippen LogP contribution in [0, 0.1) is 11.6 Å². The number of rotatable bonds is 8. The van der Waals surface area contributed by atoms with Gasteiger partial charge in [0.05, 0.1) is 0 Å². The molecule has 0 bridgehead atoms. The molecule has 1 atom stereocenters. The van der Waals surface area contributed by atoms with Crippen LogP contribution in [-0.4, -0.2) is 45.8 Å². The van der Waals surface area contributed by atoms with E-state index >= 15 is 4.39 Å². The summed E-state index contributed by atoms with van der Waals surface area (Å²) in [6.07, 6.45) is 11.5. The third-order valence-electron chi connectivity index (χ3n) is 8.22. The van der Waals surface area contributed by atoms with E-state index in [0.717, 1.165) is 55.7 Å². The summed E-state index contributed by atoms with van der Waals surface area (Å²) in [4.78, 5) is 22.5. The van der Waals surface area contributed by atoms with Gasteiger partial charge in [0.25, 0.3) is 0 Å². The summed E-state index contributed by atoms with van der Waals surface area (Å²) < 4.78 is 48.3. The van der Waals surface area contributed by atoms with Crippen molar-refractivity contribution in [3.8, 4) is 0 Å². The Kier molecular flexibility index (Phi) is 9.46. The SMILES string of the molecule is CI1C(C2=C3C(F)=CC=CN3I=C2c2cccc(NC(=O)c3c(F)cccc3F)c2)=CC=NC1Nc1cccc(CN2CCCC2)c1. The fourth-order valence-corrected chi connectivity index (χ4v) is 13.7. The van der Waals surface area contributed by atoms with Gasteiger partial charge in [0.1, 0.15) is 0 Å². The van der Waals surface area contributed by atoms with E-state index in [4.69, 9.17) is 4.99 Å². The van der Waals surface area contributed by atoms with Crippen LogP contribution in [0.25, 0.3) is 0 Å². The number of aliphatic imine (C=N–C) groups is 1. The molecule has 0 saturated carbocycles. The predicted molar refractivity (Wildman–Crippen MR) is 201 cm³/mol. The molecular formula is C36H32F3I2N5O. The van der Waals surface area contributed by atoms with Crippen molar-refractivity contribution in [2.24, 2.45) is 4.99 Å². The minimum absolute atomic E-state index is 0.115. The molecule has 3 aromatic carbocycles. The van der Waals surface area contributed by atoms with Gasteiger partial charge < -0.3 is 0 Å². The maximum absolute atomic E-state index is 15.7. The zero-order chi connectivity index (χ0) is 32.5. The number of carbonyl (C=O) groups is 1. The van der Waals surface area contributed by atoms with Gasteiger partial charge in [-0.2, -0.15) is 0 Å². The first-order valence-corrected chi connectivity index (χ1v) is 21.7. The van der Waals surface area contributed by atoms with Crippen LogP contribution < -0.4 is 10.6 Å². The minimum atomic E-state index is -2.08. The molecule has 0 aliphatic carbocycles. The van der Waals surface area contributed by atoms with Crippen LogP contribution in [-0.2, 0) is 6.54 Å². The molecule has 7 rings (SSSR count). The summed E-state index contributed by atoms with van der Waals surface area (Å²) in [6, 6.07) is 19.1. The summed E-state index contributed by atoms with van der Waals surface area (Å²) >= 11 is -2.93. The summed E-state index contributed by atoms with van der Waals surface area (Å²) in [6.45, 7) is 3.21. The normalized spacial score (nSPS) is 20.0. The Hall–Kier alpha value is -3.56. The van der Waals surface area contributed by atoms with Gasteiger partial charge in [-0.1, -0.05) is 0 Å². The summed E-state index contributed by atoms with van der Waals surface area (Å²) in [5, 5.41) is 6.34. The van der Waals surface area contributed by atoms with Crippen molar-refractivity contribution in [2.75, 3.05) is 28.7 Å². The molecule has 1 fully saturated rings. The number of likely N-dealkylation sites (tertiary alicyclic amines) is 1. The Morgan fingerprint density at radius 2 is 1.72 bits per heavy atom. The topological polar surface area (TPSA) is 60.0 Å². The molecule has 6 nitrogen and oxygen atoms in total. The van der Waals surface area contributed by atoms with Crippen LogP contribution in [0.2, 0.25) is 0 Å². The van der Waals surface area contributed by atoms with Crippen LogP contribution in [0.4, 0.5) is 24.5 Å². The average Bonchev–Trinajstić information content (AvgIpc) is 3.71. The number of allylic oxidation sites excluding steroid dienone is 6. The van der Waals surface area contributed by atoms with E-state index in [1.54, 1.807) is 24.3 Å². The Labute approximate surface area is 289 Å². The van der Waals surface area contributed by atoms with Gasteiger partial charge in [0, 0.05) is 0 Å². The van der Waals surface area contributed by atoms with Gasteiger partial charge in [-0.3, -0.25) is 0 Å². The molecular weight excluding hydrogens is 829 g/mol. The maximum atomic E-state index is 15.7. The average molecular weight is 861 g/mol. The van der Waals surface area contributed by atoms with Crippen molar-refractivity contribution < 1.29 is 18.0 Å². The Morgan fingerprint density at radius 1 is 0.979 bits per heavy atom. The summed E-state index contributed by atoms with van der Waals surface area (Å²) in [7, 11) is 0. The molecule has 1 unspecified atom stereocenters. The zero-order valence-electron chi connectivity index (χ0n) is 25.5. The molecule has 47 heavy (non-hydrogen) atoms. The first-order chi connectivity index (χ1) is 22.9. The van der Waals surface area contributed by atoms with Crippen molar-refractivity contribution in [1.29, 1.82) is 0 Å². The van der Waals surface area contributed by atoms with Crippen LogP contribution in [0.5, 0.6) is 0 Å². The van der Waals surface area contributed by atoms with Crippen LogP contribution in [0.1, 0.15) is 34.3 Å². The first kappa shape index (κ1) is 32.0. The van der Waals surface area contributed by atoms with E-state index in [1.807, 2.05) is 27.7 Å². The number of anilines is 2. The Morgan fingerprint density at radius 3 is 2.53 bits per heavy atom. The second kappa shape index (κ2) is 13.9. The number of fused-ring (bicyclic) bond motifs is 1. The fourth-order valence-electron chi connectivity index (χ4n) is 5.97. The van der Waals surface area contributed by atoms with Crippen molar-refractivity contribution in [1.82, 2.24) is 8.01 Å². The molecule has 0 radical (unpaired) electrons. The van der Waals surface area contributed by atoms with Crippen molar-refractivity contribution in [2.45, 2.75) is 23.6 Å². The van der Waals surface area contributed by atoms with Gasteiger partial charge in [-0.25, -0.2) is 0 Å². The molecule has 1 amide bonds. The fraction of sp³-hybridized carbons (Fsp3) is 0.194. The van der Waals surface area contributed by atoms with Crippen molar-refractivity contribution >= 4 is 67.8 Å². The molecule has 2 N–H and O–H groups in total. The van der Waals surface area contributed by atoms with Crippen molar-refractivity contribution in [3.05, 3.63) is 140 Å². The van der Waals surface area contributed by atoms with Crippen LogP contribution in [0.3, 0.4) is 0 Å². The molecule has 242 valence electrons. The third kappa shape index (κ3) is 6.74. The van der Waals surface area contributed by atoms with Gasteiger partial charge in [-0.15, -0.1) is 0 Å².